The second-order valence-corrected chi connectivity index (χ2v) is 7.61. The number of hydrogen-bond acceptors (Lipinski definition) is 2. The zero-order chi connectivity index (χ0) is 19.5. The summed E-state index contributed by atoms with van der Waals surface area (Å²) in [5.74, 6) is 1.55. The van der Waals surface area contributed by atoms with Gasteiger partial charge in [-0.2, -0.15) is 5.26 Å². The third-order valence-electron chi connectivity index (χ3n) is 4.73. The van der Waals surface area contributed by atoms with E-state index in [1.807, 2.05) is 42.5 Å². The van der Waals surface area contributed by atoms with Crippen LogP contribution in [0.2, 0.25) is 0 Å². The summed E-state index contributed by atoms with van der Waals surface area (Å²) in [5, 5.41) is 9.53. The van der Waals surface area contributed by atoms with Crippen LogP contribution in [0.4, 0.5) is 0 Å². The Morgan fingerprint density at radius 2 is 1.50 bits per heavy atom. The topological polar surface area (TPSA) is 36.9 Å². The zero-order valence-corrected chi connectivity index (χ0v) is 17.0. The van der Waals surface area contributed by atoms with Crippen LogP contribution >= 0.6 is 15.9 Å². The van der Waals surface area contributed by atoms with Crippen LogP contribution in [0.1, 0.15) is 11.1 Å². The SMILES string of the molecule is Cc1ccc(-c2oc(-c3ccccc3)c(CC#N)c2-c2cccc(Br)c2)cc1. The largest absolute Gasteiger partial charge is 0.455 e. The molecule has 1 heterocycles. The van der Waals surface area contributed by atoms with Crippen molar-refractivity contribution in [1.29, 1.82) is 5.26 Å². The molecular formula is C25H18BrNO. The molecule has 0 fully saturated rings. The summed E-state index contributed by atoms with van der Waals surface area (Å²) in [6, 6.07) is 28.7. The molecule has 0 aliphatic carbocycles. The van der Waals surface area contributed by atoms with Gasteiger partial charge in [-0.05, 0) is 24.6 Å². The molecule has 0 saturated heterocycles. The van der Waals surface area contributed by atoms with Gasteiger partial charge in [-0.25, -0.2) is 0 Å². The van der Waals surface area contributed by atoms with E-state index in [2.05, 4.69) is 65.3 Å². The molecule has 3 heteroatoms. The third kappa shape index (κ3) is 3.52. The molecule has 0 aliphatic rings. The zero-order valence-electron chi connectivity index (χ0n) is 15.4. The number of nitrogens with zero attached hydrogens (tertiary/aromatic N) is 1. The maximum absolute atomic E-state index is 9.53. The summed E-state index contributed by atoms with van der Waals surface area (Å²) in [6.07, 6.45) is 0.279. The first-order chi connectivity index (χ1) is 13.7. The van der Waals surface area contributed by atoms with E-state index >= 15 is 0 Å². The predicted octanol–water partition coefficient (Wildman–Crippen LogP) is 7.42. The molecule has 0 amide bonds. The molecule has 3 aromatic carbocycles. The fourth-order valence-corrected chi connectivity index (χ4v) is 3.79. The van der Waals surface area contributed by atoms with E-state index in [0.717, 1.165) is 43.8 Å². The Morgan fingerprint density at radius 3 is 2.18 bits per heavy atom. The first-order valence-corrected chi connectivity index (χ1v) is 9.87. The van der Waals surface area contributed by atoms with Crippen LogP contribution in [-0.2, 0) is 6.42 Å². The Balaban J connectivity index is 2.04. The number of furan rings is 1. The van der Waals surface area contributed by atoms with Gasteiger partial charge < -0.3 is 4.42 Å². The lowest BCUT2D eigenvalue weighted by atomic mass is 9.94. The lowest BCUT2D eigenvalue weighted by molar-refractivity contribution is 0.595. The van der Waals surface area contributed by atoms with Gasteiger partial charge in [0.05, 0.1) is 12.5 Å². The fraction of sp³-hybridized carbons (Fsp3) is 0.0800. The van der Waals surface area contributed by atoms with Crippen LogP contribution in [0.15, 0.2) is 87.8 Å². The van der Waals surface area contributed by atoms with Crippen molar-refractivity contribution < 1.29 is 4.42 Å². The highest BCUT2D eigenvalue weighted by Crippen LogP contribution is 2.43. The summed E-state index contributed by atoms with van der Waals surface area (Å²) in [7, 11) is 0. The van der Waals surface area contributed by atoms with Crippen molar-refractivity contribution in [3.05, 3.63) is 94.5 Å². The molecular weight excluding hydrogens is 410 g/mol. The van der Waals surface area contributed by atoms with E-state index in [0.29, 0.717) is 0 Å². The molecule has 0 atom stereocenters. The van der Waals surface area contributed by atoms with E-state index in [1.54, 1.807) is 0 Å². The quantitative estimate of drug-likeness (QED) is 0.339. The maximum atomic E-state index is 9.53. The number of rotatable bonds is 4. The fourth-order valence-electron chi connectivity index (χ4n) is 3.39. The molecule has 0 radical (unpaired) electrons. The molecule has 0 aliphatic heterocycles. The number of benzene rings is 3. The van der Waals surface area contributed by atoms with Gasteiger partial charge in [0.15, 0.2) is 0 Å². The minimum atomic E-state index is 0.279. The molecule has 1 aromatic heterocycles. The molecule has 4 aromatic rings. The van der Waals surface area contributed by atoms with Crippen molar-refractivity contribution in [1.82, 2.24) is 0 Å². The highest BCUT2D eigenvalue weighted by Gasteiger charge is 2.23. The molecule has 0 unspecified atom stereocenters. The summed E-state index contributed by atoms with van der Waals surface area (Å²) in [5.41, 5.74) is 6.10. The van der Waals surface area contributed by atoms with Crippen LogP contribution in [-0.4, -0.2) is 0 Å². The molecule has 2 nitrogen and oxygen atoms in total. The number of halogens is 1. The molecule has 0 spiro atoms. The van der Waals surface area contributed by atoms with Crippen molar-refractivity contribution in [2.45, 2.75) is 13.3 Å². The summed E-state index contributed by atoms with van der Waals surface area (Å²) in [4.78, 5) is 0. The summed E-state index contributed by atoms with van der Waals surface area (Å²) in [6.45, 7) is 2.07. The highest BCUT2D eigenvalue weighted by molar-refractivity contribution is 9.10. The smallest absolute Gasteiger partial charge is 0.142 e. The monoisotopic (exact) mass is 427 g/mol. The van der Waals surface area contributed by atoms with E-state index < -0.39 is 0 Å². The van der Waals surface area contributed by atoms with Crippen molar-refractivity contribution in [2.75, 3.05) is 0 Å². The summed E-state index contributed by atoms with van der Waals surface area (Å²) >= 11 is 3.57. The van der Waals surface area contributed by atoms with E-state index in [4.69, 9.17) is 4.42 Å². The average Bonchev–Trinajstić information content (AvgIpc) is 3.09. The van der Waals surface area contributed by atoms with Crippen LogP contribution < -0.4 is 0 Å². The van der Waals surface area contributed by atoms with Gasteiger partial charge in [0.1, 0.15) is 11.5 Å². The van der Waals surface area contributed by atoms with Crippen molar-refractivity contribution in [3.63, 3.8) is 0 Å². The average molecular weight is 428 g/mol. The first kappa shape index (κ1) is 18.3. The van der Waals surface area contributed by atoms with Gasteiger partial charge in [-0.3, -0.25) is 0 Å². The Kier molecular flexibility index (Phi) is 5.14. The van der Waals surface area contributed by atoms with Crippen molar-refractivity contribution >= 4 is 15.9 Å². The Morgan fingerprint density at radius 1 is 0.821 bits per heavy atom. The molecule has 0 N–H and O–H groups in total. The molecule has 136 valence electrons. The van der Waals surface area contributed by atoms with Gasteiger partial charge in [0, 0.05) is 26.7 Å². The van der Waals surface area contributed by atoms with E-state index in [9.17, 15) is 5.26 Å². The van der Waals surface area contributed by atoms with E-state index in [-0.39, 0.29) is 6.42 Å². The Hall–Kier alpha value is -3.09. The predicted molar refractivity (Wildman–Crippen MR) is 117 cm³/mol. The number of aryl methyl sites for hydroxylation is 1. The molecule has 28 heavy (non-hydrogen) atoms. The van der Waals surface area contributed by atoms with Gasteiger partial charge >= 0.3 is 0 Å². The van der Waals surface area contributed by atoms with Gasteiger partial charge in [0.2, 0.25) is 0 Å². The van der Waals surface area contributed by atoms with E-state index in [1.165, 1.54) is 5.56 Å². The second kappa shape index (κ2) is 7.88. The Bertz CT molecular complexity index is 1150. The van der Waals surface area contributed by atoms with Crippen LogP contribution in [0, 0.1) is 18.3 Å². The second-order valence-electron chi connectivity index (χ2n) is 6.69. The Labute approximate surface area is 173 Å². The normalized spacial score (nSPS) is 10.6. The van der Waals surface area contributed by atoms with Crippen molar-refractivity contribution in [2.24, 2.45) is 0 Å². The maximum Gasteiger partial charge on any atom is 0.142 e. The molecule has 0 bridgehead atoms. The standard InChI is InChI=1S/C25H18BrNO/c1-17-10-12-19(13-11-17)25-23(20-8-5-9-21(26)16-20)22(14-15-27)24(28-25)18-6-3-2-4-7-18/h2-13,16H,14H2,1H3. The van der Waals surface area contributed by atoms with Crippen LogP contribution in [0.5, 0.6) is 0 Å². The minimum Gasteiger partial charge on any atom is -0.455 e. The lowest BCUT2D eigenvalue weighted by Crippen LogP contribution is -1.89. The van der Waals surface area contributed by atoms with Gasteiger partial charge in [-0.1, -0.05) is 88.2 Å². The van der Waals surface area contributed by atoms with Gasteiger partial charge in [-0.15, -0.1) is 0 Å². The van der Waals surface area contributed by atoms with Crippen LogP contribution in [0.3, 0.4) is 0 Å². The van der Waals surface area contributed by atoms with Gasteiger partial charge in [0.25, 0.3) is 0 Å². The molecule has 4 rings (SSSR count). The molecule has 0 saturated carbocycles. The minimum absolute atomic E-state index is 0.279. The summed E-state index contributed by atoms with van der Waals surface area (Å²) < 4.78 is 7.43. The number of hydrogen-bond donors (Lipinski definition) is 0. The first-order valence-electron chi connectivity index (χ1n) is 9.08. The van der Waals surface area contributed by atoms with Crippen molar-refractivity contribution in [3.8, 4) is 39.8 Å². The highest BCUT2D eigenvalue weighted by atomic mass is 79.9. The van der Waals surface area contributed by atoms with Crippen LogP contribution in [0.25, 0.3) is 33.8 Å². The number of nitriles is 1. The lowest BCUT2D eigenvalue weighted by Gasteiger charge is -2.06. The third-order valence-corrected chi connectivity index (χ3v) is 5.22.